The van der Waals surface area contributed by atoms with Gasteiger partial charge in [-0.3, -0.25) is 4.79 Å². The lowest BCUT2D eigenvalue weighted by molar-refractivity contribution is -0.145. The van der Waals surface area contributed by atoms with Gasteiger partial charge in [-0.1, -0.05) is 28.9 Å². The van der Waals surface area contributed by atoms with Gasteiger partial charge in [-0.25, -0.2) is 0 Å². The van der Waals surface area contributed by atoms with Crippen molar-refractivity contribution in [3.63, 3.8) is 0 Å². The standard InChI is InChI=1S/C16H13ClN2O3S/c17-13-3-1-11(2-4-13)9-21-15(20)6-5-14-18-16(19-22-14)12-7-8-23-10-12/h1-4,7-8,10H,5-6,9H2. The van der Waals surface area contributed by atoms with E-state index in [4.69, 9.17) is 20.9 Å². The molecule has 0 amide bonds. The van der Waals surface area contributed by atoms with Gasteiger partial charge >= 0.3 is 5.97 Å². The molecular weight excluding hydrogens is 336 g/mol. The number of carbonyl (C=O) groups excluding carboxylic acids is 1. The Labute approximate surface area is 141 Å². The Morgan fingerprint density at radius 1 is 1.26 bits per heavy atom. The van der Waals surface area contributed by atoms with E-state index in [0.717, 1.165) is 11.1 Å². The average Bonchev–Trinajstić information content (AvgIpc) is 3.23. The molecule has 7 heteroatoms. The van der Waals surface area contributed by atoms with Crippen molar-refractivity contribution in [3.8, 4) is 11.4 Å². The molecule has 3 aromatic rings. The van der Waals surface area contributed by atoms with E-state index >= 15 is 0 Å². The van der Waals surface area contributed by atoms with Crippen LogP contribution in [0.25, 0.3) is 11.4 Å². The molecule has 0 saturated heterocycles. The Kier molecular flexibility index (Phi) is 5.05. The van der Waals surface area contributed by atoms with Crippen molar-refractivity contribution in [2.75, 3.05) is 0 Å². The first-order valence-electron chi connectivity index (χ1n) is 6.96. The summed E-state index contributed by atoms with van der Waals surface area (Å²) >= 11 is 7.36. The second-order valence-corrected chi connectivity index (χ2v) is 6.03. The van der Waals surface area contributed by atoms with E-state index in [1.165, 1.54) is 0 Å². The van der Waals surface area contributed by atoms with E-state index in [2.05, 4.69) is 10.1 Å². The molecule has 0 radical (unpaired) electrons. The topological polar surface area (TPSA) is 65.2 Å². The molecule has 0 atom stereocenters. The third kappa shape index (κ3) is 4.40. The Bertz CT molecular complexity index is 769. The van der Waals surface area contributed by atoms with E-state index in [-0.39, 0.29) is 19.0 Å². The van der Waals surface area contributed by atoms with Crippen LogP contribution in [0.4, 0.5) is 0 Å². The molecule has 2 aromatic heterocycles. The lowest BCUT2D eigenvalue weighted by Gasteiger charge is -2.04. The monoisotopic (exact) mass is 348 g/mol. The van der Waals surface area contributed by atoms with Gasteiger partial charge in [-0.15, -0.1) is 0 Å². The first kappa shape index (κ1) is 15.7. The lowest BCUT2D eigenvalue weighted by Crippen LogP contribution is -2.06. The molecule has 3 rings (SSSR count). The van der Waals surface area contributed by atoms with E-state index in [9.17, 15) is 4.79 Å². The predicted molar refractivity (Wildman–Crippen MR) is 87.2 cm³/mol. The van der Waals surface area contributed by atoms with Crippen LogP contribution in [0.1, 0.15) is 17.9 Å². The van der Waals surface area contributed by atoms with Crippen LogP contribution in [0.2, 0.25) is 5.02 Å². The molecule has 0 N–H and O–H groups in total. The van der Waals surface area contributed by atoms with Crippen LogP contribution >= 0.6 is 22.9 Å². The van der Waals surface area contributed by atoms with E-state index in [1.807, 2.05) is 29.0 Å². The van der Waals surface area contributed by atoms with E-state index in [1.54, 1.807) is 23.5 Å². The number of aryl methyl sites for hydroxylation is 1. The summed E-state index contributed by atoms with van der Waals surface area (Å²) in [7, 11) is 0. The molecule has 1 aromatic carbocycles. The molecule has 0 spiro atoms. The maximum Gasteiger partial charge on any atom is 0.306 e. The Hall–Kier alpha value is -2.18. The van der Waals surface area contributed by atoms with Gasteiger partial charge in [0.2, 0.25) is 11.7 Å². The molecule has 0 aliphatic heterocycles. The summed E-state index contributed by atoms with van der Waals surface area (Å²) in [6, 6.07) is 9.07. The van der Waals surface area contributed by atoms with Crippen LogP contribution in [-0.2, 0) is 22.6 Å². The molecular formula is C16H13ClN2O3S. The van der Waals surface area contributed by atoms with E-state index in [0.29, 0.717) is 23.2 Å². The van der Waals surface area contributed by atoms with Gasteiger partial charge in [0.15, 0.2) is 0 Å². The minimum atomic E-state index is -0.310. The van der Waals surface area contributed by atoms with Crippen molar-refractivity contribution in [1.82, 2.24) is 10.1 Å². The minimum absolute atomic E-state index is 0.193. The number of hydrogen-bond donors (Lipinski definition) is 0. The summed E-state index contributed by atoms with van der Waals surface area (Å²) in [6.07, 6.45) is 0.551. The number of nitrogens with zero attached hydrogens (tertiary/aromatic N) is 2. The first-order chi connectivity index (χ1) is 11.2. The minimum Gasteiger partial charge on any atom is -0.461 e. The highest BCUT2D eigenvalue weighted by Gasteiger charge is 2.11. The summed E-state index contributed by atoms with van der Waals surface area (Å²) in [5.41, 5.74) is 1.80. The fourth-order valence-electron chi connectivity index (χ4n) is 1.89. The number of hydrogen-bond acceptors (Lipinski definition) is 6. The lowest BCUT2D eigenvalue weighted by atomic mass is 10.2. The van der Waals surface area contributed by atoms with Crippen LogP contribution in [-0.4, -0.2) is 16.1 Å². The molecule has 23 heavy (non-hydrogen) atoms. The van der Waals surface area contributed by atoms with Gasteiger partial charge in [0.1, 0.15) is 6.61 Å². The molecule has 2 heterocycles. The maximum absolute atomic E-state index is 11.8. The molecule has 0 aliphatic carbocycles. The quantitative estimate of drug-likeness (QED) is 0.627. The zero-order chi connectivity index (χ0) is 16.1. The highest BCUT2D eigenvalue weighted by atomic mass is 35.5. The third-order valence-electron chi connectivity index (χ3n) is 3.10. The largest absolute Gasteiger partial charge is 0.461 e. The van der Waals surface area contributed by atoms with Crippen molar-refractivity contribution in [2.24, 2.45) is 0 Å². The number of thiophene rings is 1. The SMILES string of the molecule is O=C(CCc1nc(-c2ccsc2)no1)OCc1ccc(Cl)cc1. The number of esters is 1. The molecule has 0 aliphatic rings. The average molecular weight is 349 g/mol. The third-order valence-corrected chi connectivity index (χ3v) is 4.04. The summed E-state index contributed by atoms with van der Waals surface area (Å²) in [5.74, 6) is 0.653. The van der Waals surface area contributed by atoms with Gasteiger partial charge < -0.3 is 9.26 Å². The number of rotatable bonds is 6. The van der Waals surface area contributed by atoms with Crippen molar-refractivity contribution in [2.45, 2.75) is 19.4 Å². The summed E-state index contributed by atoms with van der Waals surface area (Å²) in [5, 5.41) is 8.43. The van der Waals surface area contributed by atoms with Crippen LogP contribution in [0.15, 0.2) is 45.6 Å². The molecule has 118 valence electrons. The smallest absolute Gasteiger partial charge is 0.306 e. The number of benzene rings is 1. The highest BCUT2D eigenvalue weighted by molar-refractivity contribution is 7.08. The summed E-state index contributed by atoms with van der Waals surface area (Å²) in [6.45, 7) is 0.222. The molecule has 0 fully saturated rings. The van der Waals surface area contributed by atoms with Crippen molar-refractivity contribution in [1.29, 1.82) is 0 Å². The molecule has 0 unspecified atom stereocenters. The molecule has 5 nitrogen and oxygen atoms in total. The zero-order valence-electron chi connectivity index (χ0n) is 12.1. The zero-order valence-corrected chi connectivity index (χ0v) is 13.6. The van der Waals surface area contributed by atoms with Gasteiger partial charge in [-0.2, -0.15) is 16.3 Å². The van der Waals surface area contributed by atoms with Crippen molar-refractivity contribution < 1.29 is 14.1 Å². The van der Waals surface area contributed by atoms with E-state index < -0.39 is 0 Å². The second kappa shape index (κ2) is 7.39. The van der Waals surface area contributed by atoms with Gasteiger partial charge in [0, 0.05) is 22.4 Å². The Morgan fingerprint density at radius 2 is 2.09 bits per heavy atom. The fraction of sp³-hybridized carbons (Fsp3) is 0.188. The molecule has 0 bridgehead atoms. The van der Waals surface area contributed by atoms with Crippen molar-refractivity contribution in [3.05, 3.63) is 57.6 Å². The van der Waals surface area contributed by atoms with Crippen LogP contribution in [0.5, 0.6) is 0 Å². The molecule has 0 saturated carbocycles. The maximum atomic E-state index is 11.8. The Morgan fingerprint density at radius 3 is 2.83 bits per heavy atom. The number of halogens is 1. The van der Waals surface area contributed by atoms with Crippen LogP contribution in [0.3, 0.4) is 0 Å². The summed E-state index contributed by atoms with van der Waals surface area (Å²) < 4.78 is 10.3. The van der Waals surface area contributed by atoms with Gasteiger partial charge in [0.25, 0.3) is 0 Å². The normalized spacial score (nSPS) is 10.7. The number of aromatic nitrogens is 2. The predicted octanol–water partition coefficient (Wildman–Crippen LogP) is 4.13. The number of ether oxygens (including phenoxy) is 1. The van der Waals surface area contributed by atoms with Crippen molar-refractivity contribution >= 4 is 28.9 Å². The van der Waals surface area contributed by atoms with Gasteiger partial charge in [-0.05, 0) is 29.1 Å². The van der Waals surface area contributed by atoms with Gasteiger partial charge in [0.05, 0.1) is 6.42 Å². The second-order valence-electron chi connectivity index (χ2n) is 4.81. The highest BCUT2D eigenvalue weighted by Crippen LogP contribution is 2.19. The van der Waals surface area contributed by atoms with Crippen LogP contribution < -0.4 is 0 Å². The van der Waals surface area contributed by atoms with Crippen LogP contribution in [0, 0.1) is 0 Å². The number of carbonyl (C=O) groups is 1. The summed E-state index contributed by atoms with van der Waals surface area (Å²) in [4.78, 5) is 16.0. The fourth-order valence-corrected chi connectivity index (χ4v) is 2.65. The Balaban J connectivity index is 1.46. The first-order valence-corrected chi connectivity index (χ1v) is 8.28.